The standard InChI is InChI=1S/C21H17NO5/c1-15-2-6-17(7-3-15)21(23)26-14-16-4-10-19(11-5-16)27-20-12-8-18(9-13-20)22(24)25/h2-13H,14H2,1H3. The predicted octanol–water partition coefficient (Wildman–Crippen LogP) is 5.05. The van der Waals surface area contributed by atoms with Crippen molar-refractivity contribution < 1.29 is 19.2 Å². The van der Waals surface area contributed by atoms with Crippen molar-refractivity contribution in [3.05, 3.63) is 99.6 Å². The van der Waals surface area contributed by atoms with E-state index in [1.54, 1.807) is 36.4 Å². The van der Waals surface area contributed by atoms with Crippen molar-refractivity contribution in [2.24, 2.45) is 0 Å². The molecule has 27 heavy (non-hydrogen) atoms. The molecule has 6 nitrogen and oxygen atoms in total. The van der Waals surface area contributed by atoms with Crippen molar-refractivity contribution >= 4 is 11.7 Å². The van der Waals surface area contributed by atoms with Gasteiger partial charge in [-0.15, -0.1) is 0 Å². The molecule has 0 atom stereocenters. The van der Waals surface area contributed by atoms with E-state index in [2.05, 4.69) is 0 Å². The van der Waals surface area contributed by atoms with E-state index in [-0.39, 0.29) is 18.3 Å². The first kappa shape index (κ1) is 18.1. The van der Waals surface area contributed by atoms with E-state index in [0.29, 0.717) is 17.1 Å². The molecule has 0 N–H and O–H groups in total. The summed E-state index contributed by atoms with van der Waals surface area (Å²) in [6.07, 6.45) is 0. The Hall–Kier alpha value is -3.67. The van der Waals surface area contributed by atoms with Gasteiger partial charge in [0, 0.05) is 12.1 Å². The van der Waals surface area contributed by atoms with Gasteiger partial charge in [-0.2, -0.15) is 0 Å². The van der Waals surface area contributed by atoms with E-state index in [1.807, 2.05) is 19.1 Å². The molecule has 0 aliphatic rings. The first-order chi connectivity index (χ1) is 13.0. The van der Waals surface area contributed by atoms with Gasteiger partial charge in [0.1, 0.15) is 18.1 Å². The molecule has 0 spiro atoms. The zero-order valence-corrected chi connectivity index (χ0v) is 14.6. The van der Waals surface area contributed by atoms with Crippen LogP contribution in [0.1, 0.15) is 21.5 Å². The lowest BCUT2D eigenvalue weighted by atomic mass is 10.1. The largest absolute Gasteiger partial charge is 0.457 e. The normalized spacial score (nSPS) is 10.3. The Labute approximate surface area is 156 Å². The molecule has 0 saturated carbocycles. The maximum Gasteiger partial charge on any atom is 0.338 e. The average molecular weight is 363 g/mol. The molecule has 0 amide bonds. The van der Waals surface area contributed by atoms with Crippen LogP contribution in [0.25, 0.3) is 0 Å². The molecular weight excluding hydrogens is 346 g/mol. The van der Waals surface area contributed by atoms with Crippen molar-refractivity contribution in [3.63, 3.8) is 0 Å². The second-order valence-corrected chi connectivity index (χ2v) is 5.94. The number of nitro groups is 1. The minimum absolute atomic E-state index is 0.00749. The van der Waals surface area contributed by atoms with Crippen LogP contribution >= 0.6 is 0 Å². The maximum atomic E-state index is 12.0. The van der Waals surface area contributed by atoms with Crippen LogP contribution in [0.3, 0.4) is 0 Å². The van der Waals surface area contributed by atoms with E-state index in [1.165, 1.54) is 24.3 Å². The van der Waals surface area contributed by atoms with Crippen LogP contribution in [0, 0.1) is 17.0 Å². The second kappa shape index (κ2) is 8.14. The molecule has 3 aromatic carbocycles. The first-order valence-corrected chi connectivity index (χ1v) is 8.26. The molecule has 3 rings (SSSR count). The second-order valence-electron chi connectivity index (χ2n) is 5.94. The van der Waals surface area contributed by atoms with Crippen molar-refractivity contribution in [3.8, 4) is 11.5 Å². The number of carbonyl (C=O) groups is 1. The van der Waals surface area contributed by atoms with Crippen LogP contribution in [0.5, 0.6) is 11.5 Å². The molecule has 6 heteroatoms. The SMILES string of the molecule is Cc1ccc(C(=O)OCc2ccc(Oc3ccc([N+](=O)[O-])cc3)cc2)cc1. The van der Waals surface area contributed by atoms with Crippen LogP contribution in [0.2, 0.25) is 0 Å². The average Bonchev–Trinajstić information content (AvgIpc) is 2.68. The number of hydrogen-bond acceptors (Lipinski definition) is 5. The molecular formula is C21H17NO5. The van der Waals surface area contributed by atoms with E-state index in [9.17, 15) is 14.9 Å². The predicted molar refractivity (Wildman–Crippen MR) is 99.9 cm³/mol. The summed E-state index contributed by atoms with van der Waals surface area (Å²) in [5.41, 5.74) is 2.42. The fourth-order valence-corrected chi connectivity index (χ4v) is 2.35. The van der Waals surface area contributed by atoms with Gasteiger partial charge < -0.3 is 9.47 Å². The Morgan fingerprint density at radius 3 is 2.00 bits per heavy atom. The summed E-state index contributed by atoms with van der Waals surface area (Å²) in [7, 11) is 0. The molecule has 0 saturated heterocycles. The molecule has 0 aliphatic carbocycles. The topological polar surface area (TPSA) is 78.7 Å². The van der Waals surface area contributed by atoms with Gasteiger partial charge in [0.15, 0.2) is 0 Å². The summed E-state index contributed by atoms with van der Waals surface area (Å²) in [5.74, 6) is 0.706. The lowest BCUT2D eigenvalue weighted by Gasteiger charge is -2.08. The van der Waals surface area contributed by atoms with Gasteiger partial charge in [-0.1, -0.05) is 29.8 Å². The van der Waals surface area contributed by atoms with E-state index < -0.39 is 4.92 Å². The first-order valence-electron chi connectivity index (χ1n) is 8.26. The van der Waals surface area contributed by atoms with Crippen molar-refractivity contribution in [1.29, 1.82) is 0 Å². The van der Waals surface area contributed by atoms with Gasteiger partial charge in [-0.3, -0.25) is 10.1 Å². The van der Waals surface area contributed by atoms with Crippen molar-refractivity contribution in [2.75, 3.05) is 0 Å². The number of ether oxygens (including phenoxy) is 2. The zero-order chi connectivity index (χ0) is 19.2. The van der Waals surface area contributed by atoms with Gasteiger partial charge in [-0.25, -0.2) is 4.79 Å². The van der Waals surface area contributed by atoms with E-state index >= 15 is 0 Å². The molecule has 3 aromatic rings. The molecule has 0 aromatic heterocycles. The van der Waals surface area contributed by atoms with Crippen LogP contribution < -0.4 is 4.74 Å². The zero-order valence-electron chi connectivity index (χ0n) is 14.6. The van der Waals surface area contributed by atoms with Gasteiger partial charge in [0.2, 0.25) is 0 Å². The van der Waals surface area contributed by atoms with E-state index in [4.69, 9.17) is 9.47 Å². The van der Waals surface area contributed by atoms with Crippen molar-refractivity contribution in [2.45, 2.75) is 13.5 Å². The molecule has 0 bridgehead atoms. The summed E-state index contributed by atoms with van der Waals surface area (Å²) < 4.78 is 10.9. The Morgan fingerprint density at radius 1 is 0.889 bits per heavy atom. The maximum absolute atomic E-state index is 12.0. The molecule has 0 radical (unpaired) electrons. The smallest absolute Gasteiger partial charge is 0.338 e. The van der Waals surface area contributed by atoms with Crippen LogP contribution in [0.15, 0.2) is 72.8 Å². The van der Waals surface area contributed by atoms with Crippen LogP contribution in [0.4, 0.5) is 5.69 Å². The number of rotatable bonds is 6. The van der Waals surface area contributed by atoms with Gasteiger partial charge in [0.05, 0.1) is 10.5 Å². The lowest BCUT2D eigenvalue weighted by molar-refractivity contribution is -0.384. The van der Waals surface area contributed by atoms with Crippen LogP contribution in [-0.4, -0.2) is 10.9 Å². The number of benzene rings is 3. The number of carbonyl (C=O) groups excluding carboxylic acids is 1. The van der Waals surface area contributed by atoms with Gasteiger partial charge in [-0.05, 0) is 48.9 Å². The third-order valence-corrected chi connectivity index (χ3v) is 3.86. The molecule has 136 valence electrons. The minimum atomic E-state index is -0.462. The summed E-state index contributed by atoms with van der Waals surface area (Å²) in [6, 6.07) is 20.1. The number of esters is 1. The summed E-state index contributed by atoms with van der Waals surface area (Å²) >= 11 is 0. The monoisotopic (exact) mass is 363 g/mol. The Balaban J connectivity index is 1.56. The summed E-state index contributed by atoms with van der Waals surface area (Å²) in [6.45, 7) is 2.11. The van der Waals surface area contributed by atoms with Crippen molar-refractivity contribution in [1.82, 2.24) is 0 Å². The quantitative estimate of drug-likeness (QED) is 0.348. The summed E-state index contributed by atoms with van der Waals surface area (Å²) in [4.78, 5) is 22.2. The highest BCUT2D eigenvalue weighted by molar-refractivity contribution is 5.89. The fraction of sp³-hybridized carbons (Fsp3) is 0.0952. The number of aryl methyl sites for hydroxylation is 1. The summed E-state index contributed by atoms with van der Waals surface area (Å²) in [5, 5.41) is 10.7. The van der Waals surface area contributed by atoms with Gasteiger partial charge in [0.25, 0.3) is 5.69 Å². The molecule has 0 fully saturated rings. The number of non-ortho nitro benzene ring substituents is 1. The number of hydrogen-bond donors (Lipinski definition) is 0. The van der Waals surface area contributed by atoms with E-state index in [0.717, 1.165) is 11.1 Å². The number of nitrogens with zero attached hydrogens (tertiary/aromatic N) is 1. The van der Waals surface area contributed by atoms with Crippen LogP contribution in [-0.2, 0) is 11.3 Å². The number of nitro benzene ring substituents is 1. The third kappa shape index (κ3) is 4.92. The highest BCUT2D eigenvalue weighted by Crippen LogP contribution is 2.24. The molecule has 0 unspecified atom stereocenters. The molecule has 0 heterocycles. The van der Waals surface area contributed by atoms with Gasteiger partial charge >= 0.3 is 5.97 Å². The third-order valence-electron chi connectivity index (χ3n) is 3.86. The minimum Gasteiger partial charge on any atom is -0.457 e. The Morgan fingerprint density at radius 2 is 1.44 bits per heavy atom. The Kier molecular flexibility index (Phi) is 5.47. The molecule has 0 aliphatic heterocycles. The lowest BCUT2D eigenvalue weighted by Crippen LogP contribution is -2.05. The Bertz CT molecular complexity index is 932. The fourth-order valence-electron chi connectivity index (χ4n) is 2.35. The highest BCUT2D eigenvalue weighted by Gasteiger charge is 2.08. The highest BCUT2D eigenvalue weighted by atomic mass is 16.6.